The Bertz CT molecular complexity index is 742. The van der Waals surface area contributed by atoms with Crippen LogP contribution in [0, 0.1) is 5.41 Å². The van der Waals surface area contributed by atoms with Gasteiger partial charge in [-0.2, -0.15) is 0 Å². The van der Waals surface area contributed by atoms with Crippen molar-refractivity contribution in [3.8, 4) is 0 Å². The van der Waals surface area contributed by atoms with Gasteiger partial charge in [0.2, 0.25) is 0 Å². The van der Waals surface area contributed by atoms with Crippen LogP contribution in [0.3, 0.4) is 0 Å². The Kier molecular flexibility index (Phi) is 6.96. The Labute approximate surface area is 160 Å². The molecular formula is C21H26N2O4. The van der Waals surface area contributed by atoms with E-state index in [1.54, 1.807) is 20.8 Å². The minimum atomic E-state index is -0.879. The summed E-state index contributed by atoms with van der Waals surface area (Å²) in [5.41, 5.74) is 0.883. The zero-order valence-electron chi connectivity index (χ0n) is 16.1. The Morgan fingerprint density at radius 3 is 2.07 bits per heavy atom. The number of hydroxylamine groups is 2. The first-order valence-electron chi connectivity index (χ1n) is 8.76. The molecule has 2 amide bonds. The van der Waals surface area contributed by atoms with E-state index in [0.717, 1.165) is 10.6 Å². The van der Waals surface area contributed by atoms with Crippen molar-refractivity contribution in [1.82, 2.24) is 10.4 Å². The van der Waals surface area contributed by atoms with Crippen LogP contribution in [0.1, 0.15) is 38.1 Å². The normalized spacial score (nSPS) is 12.1. The number of hydrogen-bond acceptors (Lipinski definition) is 4. The molecule has 0 aliphatic heterocycles. The maximum Gasteiger partial charge on any atom is 0.431 e. The average molecular weight is 370 g/mol. The third-order valence-electron chi connectivity index (χ3n) is 3.78. The van der Waals surface area contributed by atoms with Crippen molar-refractivity contribution in [1.29, 1.82) is 0 Å². The number of nitrogens with one attached hydrogen (secondary N) is 1. The maximum atomic E-state index is 13.0. The molecule has 27 heavy (non-hydrogen) atoms. The highest BCUT2D eigenvalue weighted by Gasteiger charge is 2.36. The van der Waals surface area contributed by atoms with Gasteiger partial charge in [-0.25, -0.2) is 4.79 Å². The van der Waals surface area contributed by atoms with Gasteiger partial charge in [0, 0.05) is 18.0 Å². The van der Waals surface area contributed by atoms with Gasteiger partial charge in [-0.3, -0.25) is 4.79 Å². The second-order valence-corrected chi connectivity index (χ2v) is 7.07. The molecule has 0 bridgehead atoms. The molecule has 0 saturated heterocycles. The summed E-state index contributed by atoms with van der Waals surface area (Å²) in [6.07, 6.45) is -1.62. The minimum absolute atomic E-state index is 0.255. The molecule has 0 aliphatic carbocycles. The van der Waals surface area contributed by atoms with Crippen molar-refractivity contribution in [2.45, 2.75) is 33.6 Å². The van der Waals surface area contributed by atoms with Crippen LogP contribution in [0.15, 0.2) is 60.7 Å². The lowest BCUT2D eigenvalue weighted by molar-refractivity contribution is -0.229. The topological polar surface area (TPSA) is 67.9 Å². The van der Waals surface area contributed by atoms with Gasteiger partial charge < -0.3 is 14.9 Å². The highest BCUT2D eigenvalue weighted by atomic mass is 16.8. The van der Waals surface area contributed by atoms with Gasteiger partial charge in [-0.1, -0.05) is 81.4 Å². The summed E-state index contributed by atoms with van der Waals surface area (Å²) in [5.74, 6) is -0.368. The number of amides is 2. The van der Waals surface area contributed by atoms with E-state index in [2.05, 4.69) is 5.32 Å². The summed E-state index contributed by atoms with van der Waals surface area (Å²) in [6, 6.07) is 18.8. The number of benzene rings is 2. The first-order chi connectivity index (χ1) is 12.8. The van der Waals surface area contributed by atoms with Gasteiger partial charge in [-0.05, 0) is 5.56 Å². The molecular weight excluding hydrogens is 344 g/mol. The molecule has 2 aromatic carbocycles. The zero-order chi connectivity index (χ0) is 19.9. The highest BCUT2D eigenvalue weighted by molar-refractivity contribution is 5.82. The van der Waals surface area contributed by atoms with Crippen molar-refractivity contribution in [3.63, 3.8) is 0 Å². The minimum Gasteiger partial charge on any atom is -0.346 e. The van der Waals surface area contributed by atoms with E-state index in [1.165, 1.54) is 7.05 Å². The Morgan fingerprint density at radius 2 is 1.56 bits per heavy atom. The molecule has 0 saturated carbocycles. The zero-order valence-corrected chi connectivity index (χ0v) is 16.1. The molecule has 2 aromatic rings. The van der Waals surface area contributed by atoms with E-state index < -0.39 is 17.7 Å². The number of rotatable bonds is 5. The molecule has 0 heterocycles. The van der Waals surface area contributed by atoms with E-state index in [9.17, 15) is 9.59 Å². The molecule has 0 spiro atoms. The average Bonchev–Trinajstić information content (AvgIpc) is 2.67. The van der Waals surface area contributed by atoms with E-state index in [4.69, 9.17) is 9.57 Å². The van der Waals surface area contributed by atoms with Crippen LogP contribution in [0.2, 0.25) is 0 Å². The summed E-state index contributed by atoms with van der Waals surface area (Å²) >= 11 is 0. The molecule has 0 aliphatic rings. The predicted molar refractivity (Wildman–Crippen MR) is 102 cm³/mol. The van der Waals surface area contributed by atoms with Crippen LogP contribution in [0.4, 0.5) is 4.79 Å². The molecule has 0 fully saturated rings. The quantitative estimate of drug-likeness (QED) is 0.637. The maximum absolute atomic E-state index is 13.0. The lowest BCUT2D eigenvalue weighted by Crippen LogP contribution is -2.45. The number of carbonyl (C=O) groups is 2. The smallest absolute Gasteiger partial charge is 0.346 e. The van der Waals surface area contributed by atoms with Crippen LogP contribution in [-0.4, -0.2) is 24.1 Å². The van der Waals surface area contributed by atoms with Gasteiger partial charge in [0.25, 0.3) is 5.91 Å². The molecule has 1 unspecified atom stereocenters. The van der Waals surface area contributed by atoms with Crippen molar-refractivity contribution in [3.05, 3.63) is 71.8 Å². The van der Waals surface area contributed by atoms with Crippen molar-refractivity contribution >= 4 is 12.0 Å². The Morgan fingerprint density at radius 1 is 1.00 bits per heavy atom. The second kappa shape index (κ2) is 9.19. The molecule has 6 heteroatoms. The van der Waals surface area contributed by atoms with Crippen LogP contribution in [-0.2, 0) is 21.0 Å². The SMILES string of the molecule is CNC(=O)ON(C(=O)C(C)(C)C)C(OCc1ccccc1)c1ccccc1. The summed E-state index contributed by atoms with van der Waals surface area (Å²) in [7, 11) is 1.43. The molecule has 144 valence electrons. The van der Waals surface area contributed by atoms with E-state index in [1.807, 2.05) is 60.7 Å². The Hall–Kier alpha value is -2.86. The molecule has 6 nitrogen and oxygen atoms in total. The summed E-state index contributed by atoms with van der Waals surface area (Å²) in [4.78, 5) is 30.2. The number of carbonyl (C=O) groups excluding carboxylic acids is 2. The van der Waals surface area contributed by atoms with Gasteiger partial charge in [0.05, 0.1) is 6.61 Å². The van der Waals surface area contributed by atoms with Crippen LogP contribution >= 0.6 is 0 Å². The van der Waals surface area contributed by atoms with Crippen molar-refractivity contribution in [2.24, 2.45) is 5.41 Å². The highest BCUT2D eigenvalue weighted by Crippen LogP contribution is 2.29. The molecule has 1 N–H and O–H groups in total. The lowest BCUT2D eigenvalue weighted by atomic mass is 9.95. The van der Waals surface area contributed by atoms with Crippen molar-refractivity contribution in [2.75, 3.05) is 7.05 Å². The third-order valence-corrected chi connectivity index (χ3v) is 3.78. The fraction of sp³-hybridized carbons (Fsp3) is 0.333. The van der Waals surface area contributed by atoms with Crippen LogP contribution in [0.25, 0.3) is 0 Å². The summed E-state index contributed by atoms with van der Waals surface area (Å²) < 4.78 is 6.04. The fourth-order valence-electron chi connectivity index (χ4n) is 2.33. The Balaban J connectivity index is 2.36. The molecule has 1 atom stereocenters. The van der Waals surface area contributed by atoms with Crippen LogP contribution in [0.5, 0.6) is 0 Å². The summed E-state index contributed by atoms with van der Waals surface area (Å²) in [6.45, 7) is 5.53. The standard InChI is InChI=1S/C21H26N2O4/c1-21(2,3)19(24)23(27-20(25)22-4)18(17-13-9-6-10-14-17)26-15-16-11-7-5-8-12-16/h5-14,18H,15H2,1-4H3,(H,22,25). The van der Waals surface area contributed by atoms with Gasteiger partial charge in [-0.15, -0.1) is 5.06 Å². The van der Waals surface area contributed by atoms with E-state index >= 15 is 0 Å². The van der Waals surface area contributed by atoms with E-state index in [-0.39, 0.29) is 12.5 Å². The predicted octanol–water partition coefficient (Wildman–Crippen LogP) is 4.05. The largest absolute Gasteiger partial charge is 0.431 e. The third kappa shape index (κ3) is 5.82. The first-order valence-corrected chi connectivity index (χ1v) is 8.76. The van der Waals surface area contributed by atoms with Gasteiger partial charge in [0.15, 0.2) is 6.23 Å². The first kappa shape index (κ1) is 20.5. The fourth-order valence-corrected chi connectivity index (χ4v) is 2.33. The monoisotopic (exact) mass is 370 g/mol. The molecule has 2 rings (SSSR count). The summed E-state index contributed by atoms with van der Waals surface area (Å²) in [5, 5.41) is 3.38. The number of nitrogens with zero attached hydrogens (tertiary/aromatic N) is 1. The van der Waals surface area contributed by atoms with Gasteiger partial charge >= 0.3 is 6.09 Å². The second-order valence-electron chi connectivity index (χ2n) is 7.07. The number of ether oxygens (including phenoxy) is 1. The number of hydrogen-bond donors (Lipinski definition) is 1. The van der Waals surface area contributed by atoms with Crippen LogP contribution < -0.4 is 5.32 Å². The van der Waals surface area contributed by atoms with Gasteiger partial charge in [0.1, 0.15) is 0 Å². The van der Waals surface area contributed by atoms with E-state index in [0.29, 0.717) is 5.56 Å². The molecule has 0 radical (unpaired) electrons. The molecule has 0 aromatic heterocycles. The van der Waals surface area contributed by atoms with Crippen molar-refractivity contribution < 1.29 is 19.2 Å². The lowest BCUT2D eigenvalue weighted by Gasteiger charge is -2.33.